The van der Waals surface area contributed by atoms with Gasteiger partial charge in [0.1, 0.15) is 23.1 Å². The van der Waals surface area contributed by atoms with Crippen LogP contribution in [0.2, 0.25) is 0 Å². The van der Waals surface area contributed by atoms with Crippen LogP contribution in [-0.4, -0.2) is 49.0 Å². The number of ether oxygens (including phenoxy) is 3. The summed E-state index contributed by atoms with van der Waals surface area (Å²) in [6.07, 6.45) is 1.10. The molecule has 2 amide bonds. The van der Waals surface area contributed by atoms with Crippen LogP contribution in [0.25, 0.3) is 0 Å². The molecule has 2 aromatic rings. The minimum absolute atomic E-state index is 0.244. The van der Waals surface area contributed by atoms with Crippen molar-refractivity contribution in [2.75, 3.05) is 20.3 Å². The number of methoxy groups -OCH3 is 1. The number of aliphatic hydroxyl groups excluding tert-OH is 1. The smallest absolute Gasteiger partial charge is 0.408 e. The van der Waals surface area contributed by atoms with Gasteiger partial charge >= 0.3 is 6.09 Å². The maximum absolute atomic E-state index is 13.6. The Bertz CT molecular complexity index is 1000. The quantitative estimate of drug-likeness (QED) is 0.298. The molecule has 0 saturated heterocycles. The van der Waals surface area contributed by atoms with Crippen molar-refractivity contribution < 1.29 is 28.9 Å². The lowest BCUT2D eigenvalue weighted by molar-refractivity contribution is -0.123. The number of hydrogen-bond acceptors (Lipinski definition) is 7. The molecule has 0 aliphatic heterocycles. The highest BCUT2D eigenvalue weighted by Gasteiger charge is 2.28. The second kappa shape index (κ2) is 14.4. The summed E-state index contributed by atoms with van der Waals surface area (Å²) in [7, 11) is 1.55. The molecule has 2 aromatic carbocycles. The summed E-state index contributed by atoms with van der Waals surface area (Å²) in [6, 6.07) is 11.3. The van der Waals surface area contributed by atoms with Crippen LogP contribution in [0.4, 0.5) is 4.79 Å². The molecule has 9 nitrogen and oxygen atoms in total. The Hall–Kier alpha value is -3.30. The van der Waals surface area contributed by atoms with Gasteiger partial charge in [0.15, 0.2) is 0 Å². The number of rotatable bonds is 13. The molecule has 0 saturated carbocycles. The number of amides is 2. The summed E-state index contributed by atoms with van der Waals surface area (Å²) in [5.41, 5.74) is 7.04. The third kappa shape index (κ3) is 9.59. The van der Waals surface area contributed by atoms with Gasteiger partial charge in [-0.15, -0.1) is 0 Å². The highest BCUT2D eigenvalue weighted by molar-refractivity contribution is 5.86. The fourth-order valence-electron chi connectivity index (χ4n) is 3.85. The van der Waals surface area contributed by atoms with E-state index in [1.54, 1.807) is 40.0 Å². The van der Waals surface area contributed by atoms with E-state index in [9.17, 15) is 14.7 Å². The van der Waals surface area contributed by atoms with Crippen LogP contribution in [0.1, 0.15) is 69.7 Å². The van der Waals surface area contributed by atoms with Crippen molar-refractivity contribution in [2.24, 2.45) is 5.73 Å². The van der Waals surface area contributed by atoms with Crippen molar-refractivity contribution in [1.82, 2.24) is 10.6 Å². The van der Waals surface area contributed by atoms with Gasteiger partial charge in [-0.2, -0.15) is 0 Å². The van der Waals surface area contributed by atoms with Crippen molar-refractivity contribution >= 4 is 12.0 Å². The molecule has 0 bridgehead atoms. The summed E-state index contributed by atoms with van der Waals surface area (Å²) in [5.74, 6) is 0.928. The van der Waals surface area contributed by atoms with E-state index in [-0.39, 0.29) is 12.5 Å². The van der Waals surface area contributed by atoms with Crippen molar-refractivity contribution in [1.29, 1.82) is 0 Å². The minimum atomic E-state index is -0.831. The van der Waals surface area contributed by atoms with Crippen LogP contribution < -0.4 is 25.8 Å². The van der Waals surface area contributed by atoms with Crippen LogP contribution in [0.3, 0.4) is 0 Å². The first-order chi connectivity index (χ1) is 17.6. The van der Waals surface area contributed by atoms with Gasteiger partial charge in [0.05, 0.1) is 26.4 Å². The zero-order valence-electron chi connectivity index (χ0n) is 22.5. The standard InChI is InChI=1S/C28H41N3O6/c1-6-36-21-12-10-19(11-13-21)25(23-15-14-22(35-5)17-20(23)18-32)31-26(33)24(9-7-8-16-29)30-27(34)37-28(2,3)4/h10-15,17,24-25,32H,6-9,16,18,29H2,1-5H3,(H,30,34)(H,31,33)/t24-,25?/m0/s1. The highest BCUT2D eigenvalue weighted by atomic mass is 16.6. The molecule has 5 N–H and O–H groups in total. The van der Waals surface area contributed by atoms with Crippen LogP contribution in [0.5, 0.6) is 11.5 Å². The fourth-order valence-corrected chi connectivity index (χ4v) is 3.85. The zero-order valence-corrected chi connectivity index (χ0v) is 22.5. The van der Waals surface area contributed by atoms with Crippen LogP contribution >= 0.6 is 0 Å². The van der Waals surface area contributed by atoms with Gasteiger partial charge in [-0.05, 0) is 94.5 Å². The lowest BCUT2D eigenvalue weighted by atomic mass is 9.93. The van der Waals surface area contributed by atoms with E-state index >= 15 is 0 Å². The van der Waals surface area contributed by atoms with E-state index in [0.29, 0.717) is 48.6 Å². The van der Waals surface area contributed by atoms with Crippen molar-refractivity contribution in [3.63, 3.8) is 0 Å². The zero-order chi connectivity index (χ0) is 27.4. The number of hydrogen-bond donors (Lipinski definition) is 4. The molecule has 1 unspecified atom stereocenters. The number of nitrogens with one attached hydrogen (secondary N) is 2. The first-order valence-electron chi connectivity index (χ1n) is 12.6. The van der Waals surface area contributed by atoms with Crippen molar-refractivity contribution in [3.8, 4) is 11.5 Å². The Kier molecular flexibility index (Phi) is 11.7. The Morgan fingerprint density at radius 1 is 1.03 bits per heavy atom. The van der Waals surface area contributed by atoms with Crippen LogP contribution in [-0.2, 0) is 16.1 Å². The number of carbonyl (C=O) groups is 2. The van der Waals surface area contributed by atoms with Gasteiger partial charge in [-0.3, -0.25) is 4.79 Å². The maximum Gasteiger partial charge on any atom is 0.408 e. The molecule has 0 aliphatic carbocycles. The first kappa shape index (κ1) is 29.9. The number of benzene rings is 2. The summed E-state index contributed by atoms with van der Waals surface area (Å²) < 4.78 is 16.3. The first-order valence-corrected chi connectivity index (χ1v) is 12.6. The van der Waals surface area contributed by atoms with Crippen LogP contribution in [0.15, 0.2) is 42.5 Å². The van der Waals surface area contributed by atoms with E-state index in [2.05, 4.69) is 10.6 Å². The van der Waals surface area contributed by atoms with Gasteiger partial charge < -0.3 is 35.7 Å². The topological polar surface area (TPSA) is 132 Å². The maximum atomic E-state index is 13.6. The number of nitrogens with two attached hydrogens (primary N) is 1. The van der Waals surface area contributed by atoms with E-state index in [0.717, 1.165) is 12.0 Å². The highest BCUT2D eigenvalue weighted by Crippen LogP contribution is 2.30. The average molecular weight is 516 g/mol. The molecule has 37 heavy (non-hydrogen) atoms. The van der Waals surface area contributed by atoms with Crippen LogP contribution in [0, 0.1) is 0 Å². The van der Waals surface area contributed by atoms with Gasteiger partial charge in [-0.1, -0.05) is 18.2 Å². The summed E-state index contributed by atoms with van der Waals surface area (Å²) >= 11 is 0. The molecule has 2 rings (SSSR count). The lowest BCUT2D eigenvalue weighted by Crippen LogP contribution is -2.49. The van der Waals surface area contributed by atoms with Gasteiger partial charge in [0, 0.05) is 0 Å². The molecule has 204 valence electrons. The number of alkyl carbamates (subject to hydrolysis) is 1. The SMILES string of the molecule is CCOc1ccc(C(NC(=O)[C@H](CCCCN)NC(=O)OC(C)(C)C)c2ccc(OC)cc2CO)cc1. The Morgan fingerprint density at radius 3 is 2.27 bits per heavy atom. The second-order valence-corrected chi connectivity index (χ2v) is 9.65. The molecule has 0 radical (unpaired) electrons. The normalized spacial score (nSPS) is 12.8. The summed E-state index contributed by atoms with van der Waals surface area (Å²) in [6.45, 7) is 7.97. The van der Waals surface area contributed by atoms with Crippen molar-refractivity contribution in [3.05, 3.63) is 59.2 Å². The fraction of sp³-hybridized carbons (Fsp3) is 0.500. The Morgan fingerprint density at radius 2 is 1.70 bits per heavy atom. The van der Waals surface area contributed by atoms with E-state index in [1.807, 2.05) is 37.3 Å². The third-order valence-electron chi connectivity index (χ3n) is 5.60. The van der Waals surface area contributed by atoms with Gasteiger partial charge in [0.2, 0.25) is 5.91 Å². The predicted octanol–water partition coefficient (Wildman–Crippen LogP) is 3.81. The number of aliphatic hydroxyl groups is 1. The minimum Gasteiger partial charge on any atom is -0.497 e. The molecule has 0 spiro atoms. The van der Waals surface area contributed by atoms with E-state index in [4.69, 9.17) is 19.9 Å². The van der Waals surface area contributed by atoms with Gasteiger partial charge in [-0.25, -0.2) is 4.79 Å². The molecular weight excluding hydrogens is 474 g/mol. The van der Waals surface area contributed by atoms with Gasteiger partial charge in [0.25, 0.3) is 0 Å². The molecular formula is C28H41N3O6. The predicted molar refractivity (Wildman–Crippen MR) is 143 cm³/mol. The van der Waals surface area contributed by atoms with E-state index < -0.39 is 23.8 Å². The molecule has 0 heterocycles. The molecule has 0 fully saturated rings. The molecule has 0 aromatic heterocycles. The molecule has 2 atom stereocenters. The average Bonchev–Trinajstić information content (AvgIpc) is 2.86. The Balaban J connectivity index is 2.41. The summed E-state index contributed by atoms with van der Waals surface area (Å²) in [5, 5.41) is 15.9. The third-order valence-corrected chi connectivity index (χ3v) is 5.60. The lowest BCUT2D eigenvalue weighted by Gasteiger charge is -2.27. The number of carbonyl (C=O) groups excluding carboxylic acids is 2. The Labute approximate surface area is 219 Å². The second-order valence-electron chi connectivity index (χ2n) is 9.65. The monoisotopic (exact) mass is 515 g/mol. The van der Waals surface area contributed by atoms with E-state index in [1.165, 1.54) is 0 Å². The molecule has 9 heteroatoms. The number of unbranched alkanes of at least 4 members (excludes halogenated alkanes) is 1. The summed E-state index contributed by atoms with van der Waals surface area (Å²) in [4.78, 5) is 26.1. The largest absolute Gasteiger partial charge is 0.497 e. The molecule has 0 aliphatic rings. The van der Waals surface area contributed by atoms with Crippen molar-refractivity contribution in [2.45, 2.75) is 71.2 Å².